The van der Waals surface area contributed by atoms with Crippen LogP contribution in [0.4, 0.5) is 4.39 Å². The van der Waals surface area contributed by atoms with Crippen LogP contribution >= 0.6 is 0 Å². The molecule has 1 fully saturated rings. The molecule has 0 bridgehead atoms. The van der Waals surface area contributed by atoms with Crippen LogP contribution in [0.1, 0.15) is 30.3 Å². The molecule has 0 saturated carbocycles. The molecular weight excluding hydrogens is 297 g/mol. The number of nitrogens with zero attached hydrogens (tertiary/aromatic N) is 2. The fourth-order valence-electron chi connectivity index (χ4n) is 2.96. The first-order valence-corrected chi connectivity index (χ1v) is 7.83. The Balaban J connectivity index is 1.68. The van der Waals surface area contributed by atoms with Gasteiger partial charge in [-0.3, -0.25) is 0 Å². The SMILES string of the molecule is COc1ccc(CN[C@H]2CCCO[C@@H]2c2nccn2C)cc1F. The van der Waals surface area contributed by atoms with Crippen LogP contribution in [0.5, 0.6) is 5.75 Å². The number of aryl methyl sites for hydroxylation is 1. The predicted molar refractivity (Wildman–Crippen MR) is 84.7 cm³/mol. The number of benzene rings is 1. The second kappa shape index (κ2) is 7.10. The molecule has 1 aliphatic heterocycles. The summed E-state index contributed by atoms with van der Waals surface area (Å²) in [6, 6.07) is 5.19. The summed E-state index contributed by atoms with van der Waals surface area (Å²) in [5, 5.41) is 3.48. The van der Waals surface area contributed by atoms with Crippen LogP contribution in [-0.4, -0.2) is 29.3 Å². The van der Waals surface area contributed by atoms with Gasteiger partial charge in [0.2, 0.25) is 0 Å². The minimum Gasteiger partial charge on any atom is -0.494 e. The van der Waals surface area contributed by atoms with E-state index in [4.69, 9.17) is 9.47 Å². The molecule has 6 heteroatoms. The van der Waals surface area contributed by atoms with Gasteiger partial charge in [0.1, 0.15) is 11.9 Å². The molecule has 0 amide bonds. The molecule has 1 saturated heterocycles. The van der Waals surface area contributed by atoms with Crippen molar-refractivity contribution in [1.29, 1.82) is 0 Å². The Labute approximate surface area is 135 Å². The van der Waals surface area contributed by atoms with Gasteiger partial charge in [0, 0.05) is 38.6 Å². The number of rotatable bonds is 5. The minimum atomic E-state index is -0.340. The van der Waals surface area contributed by atoms with Gasteiger partial charge in [0.05, 0.1) is 7.11 Å². The number of nitrogens with one attached hydrogen (secondary N) is 1. The molecule has 0 radical (unpaired) electrons. The maximum atomic E-state index is 13.8. The van der Waals surface area contributed by atoms with E-state index >= 15 is 0 Å². The molecule has 1 aliphatic rings. The number of halogens is 1. The lowest BCUT2D eigenvalue weighted by molar-refractivity contribution is -0.0178. The van der Waals surface area contributed by atoms with Crippen molar-refractivity contribution in [2.75, 3.05) is 13.7 Å². The number of aromatic nitrogens is 2. The highest BCUT2D eigenvalue weighted by molar-refractivity contribution is 5.29. The van der Waals surface area contributed by atoms with E-state index in [2.05, 4.69) is 10.3 Å². The van der Waals surface area contributed by atoms with Gasteiger partial charge < -0.3 is 19.4 Å². The third-order valence-corrected chi connectivity index (χ3v) is 4.22. The largest absolute Gasteiger partial charge is 0.494 e. The van der Waals surface area contributed by atoms with Crippen LogP contribution in [0, 0.1) is 5.82 Å². The smallest absolute Gasteiger partial charge is 0.165 e. The molecule has 124 valence electrons. The van der Waals surface area contributed by atoms with Crippen molar-refractivity contribution in [3.05, 3.63) is 47.8 Å². The van der Waals surface area contributed by atoms with Crippen molar-refractivity contribution in [1.82, 2.24) is 14.9 Å². The summed E-state index contributed by atoms with van der Waals surface area (Å²) < 4.78 is 26.6. The fraction of sp³-hybridized carbons (Fsp3) is 0.471. The van der Waals surface area contributed by atoms with Gasteiger partial charge in [-0.15, -0.1) is 0 Å². The van der Waals surface area contributed by atoms with Crippen molar-refractivity contribution in [2.45, 2.75) is 31.5 Å². The molecule has 3 rings (SSSR count). The summed E-state index contributed by atoms with van der Waals surface area (Å²) in [5.74, 6) is 0.844. The molecule has 2 atom stereocenters. The highest BCUT2D eigenvalue weighted by atomic mass is 19.1. The van der Waals surface area contributed by atoms with Crippen molar-refractivity contribution in [3.63, 3.8) is 0 Å². The van der Waals surface area contributed by atoms with Crippen LogP contribution in [0.2, 0.25) is 0 Å². The first-order valence-electron chi connectivity index (χ1n) is 7.83. The Morgan fingerprint density at radius 2 is 2.35 bits per heavy atom. The molecule has 0 aliphatic carbocycles. The van der Waals surface area contributed by atoms with Gasteiger partial charge in [0.15, 0.2) is 11.6 Å². The Hall–Kier alpha value is -1.92. The first-order chi connectivity index (χ1) is 11.2. The Kier molecular flexibility index (Phi) is 4.93. The second-order valence-corrected chi connectivity index (χ2v) is 5.79. The molecule has 0 spiro atoms. The number of hydrogen-bond donors (Lipinski definition) is 1. The van der Waals surface area contributed by atoms with Crippen LogP contribution in [0.3, 0.4) is 0 Å². The van der Waals surface area contributed by atoms with Gasteiger partial charge in [-0.25, -0.2) is 9.37 Å². The van der Waals surface area contributed by atoms with Crippen molar-refractivity contribution < 1.29 is 13.9 Å². The molecule has 1 aromatic carbocycles. The maximum Gasteiger partial charge on any atom is 0.165 e. The predicted octanol–water partition coefficient (Wildman–Crippen LogP) is 2.58. The normalized spacial score (nSPS) is 21.3. The average Bonchev–Trinajstić information content (AvgIpc) is 2.99. The van der Waals surface area contributed by atoms with Gasteiger partial charge in [-0.2, -0.15) is 0 Å². The van der Waals surface area contributed by atoms with Crippen LogP contribution in [-0.2, 0) is 18.3 Å². The van der Waals surface area contributed by atoms with Crippen LogP contribution in [0.15, 0.2) is 30.6 Å². The zero-order valence-electron chi connectivity index (χ0n) is 13.5. The highest BCUT2D eigenvalue weighted by Crippen LogP contribution is 2.27. The topological polar surface area (TPSA) is 48.3 Å². The molecule has 0 unspecified atom stereocenters. The molecule has 1 N–H and O–H groups in total. The molecule has 2 heterocycles. The second-order valence-electron chi connectivity index (χ2n) is 5.79. The molecule has 23 heavy (non-hydrogen) atoms. The summed E-state index contributed by atoms with van der Waals surface area (Å²) in [7, 11) is 3.43. The van der Waals surface area contributed by atoms with Gasteiger partial charge in [0.25, 0.3) is 0 Å². The van der Waals surface area contributed by atoms with Crippen molar-refractivity contribution >= 4 is 0 Å². The Morgan fingerprint density at radius 1 is 1.48 bits per heavy atom. The minimum absolute atomic E-state index is 0.0770. The summed E-state index contributed by atoms with van der Waals surface area (Å²) in [5.41, 5.74) is 0.882. The van der Waals surface area contributed by atoms with E-state index in [1.807, 2.05) is 23.9 Å². The van der Waals surface area contributed by atoms with E-state index in [-0.39, 0.29) is 23.7 Å². The summed E-state index contributed by atoms with van der Waals surface area (Å²) >= 11 is 0. The lowest BCUT2D eigenvalue weighted by Gasteiger charge is -2.32. The zero-order valence-corrected chi connectivity index (χ0v) is 13.5. The van der Waals surface area contributed by atoms with Gasteiger partial charge in [-0.1, -0.05) is 6.07 Å². The first kappa shape index (κ1) is 16.0. The van der Waals surface area contributed by atoms with Crippen molar-refractivity contribution in [2.24, 2.45) is 7.05 Å². The van der Waals surface area contributed by atoms with E-state index in [0.29, 0.717) is 6.54 Å². The number of imidazole rings is 1. The van der Waals surface area contributed by atoms with Crippen LogP contribution in [0.25, 0.3) is 0 Å². The Bertz CT molecular complexity index is 659. The fourth-order valence-corrected chi connectivity index (χ4v) is 2.96. The summed E-state index contributed by atoms with van der Waals surface area (Å²) in [6.07, 6.45) is 5.64. The highest BCUT2D eigenvalue weighted by Gasteiger charge is 2.29. The van der Waals surface area contributed by atoms with E-state index in [1.54, 1.807) is 12.3 Å². The number of hydrogen-bond acceptors (Lipinski definition) is 4. The third-order valence-electron chi connectivity index (χ3n) is 4.22. The summed E-state index contributed by atoms with van der Waals surface area (Å²) in [6.45, 7) is 1.32. The summed E-state index contributed by atoms with van der Waals surface area (Å²) in [4.78, 5) is 4.40. The lowest BCUT2D eigenvalue weighted by Crippen LogP contribution is -2.40. The molecule has 2 aromatic rings. The van der Waals surface area contributed by atoms with Crippen molar-refractivity contribution in [3.8, 4) is 5.75 Å². The molecular formula is C17H22FN3O2. The van der Waals surface area contributed by atoms with Crippen LogP contribution < -0.4 is 10.1 Å². The Morgan fingerprint density at radius 3 is 3.04 bits per heavy atom. The average molecular weight is 319 g/mol. The molecule has 1 aromatic heterocycles. The zero-order chi connectivity index (χ0) is 16.2. The molecule has 5 nitrogen and oxygen atoms in total. The quantitative estimate of drug-likeness (QED) is 0.920. The van der Waals surface area contributed by atoms with E-state index in [0.717, 1.165) is 30.8 Å². The lowest BCUT2D eigenvalue weighted by atomic mass is 10.0. The third kappa shape index (κ3) is 3.54. The van der Waals surface area contributed by atoms with E-state index in [1.165, 1.54) is 13.2 Å². The van der Waals surface area contributed by atoms with E-state index < -0.39 is 0 Å². The number of ether oxygens (including phenoxy) is 2. The standard InChI is InChI=1S/C17H22FN3O2/c1-21-8-7-19-17(21)16-14(4-3-9-23-16)20-11-12-5-6-15(22-2)13(18)10-12/h5-8,10,14,16,20H,3-4,9,11H2,1-2H3/t14-,16-/m0/s1. The maximum absolute atomic E-state index is 13.8. The van der Waals surface area contributed by atoms with Gasteiger partial charge >= 0.3 is 0 Å². The number of methoxy groups -OCH3 is 1. The van der Waals surface area contributed by atoms with Gasteiger partial charge in [-0.05, 0) is 30.5 Å². The van der Waals surface area contributed by atoms with E-state index in [9.17, 15) is 4.39 Å². The monoisotopic (exact) mass is 319 g/mol.